The van der Waals surface area contributed by atoms with Gasteiger partial charge in [-0.3, -0.25) is 14.9 Å². The monoisotopic (exact) mass is 389 g/mol. The SMILES string of the molecule is O=C(COC(=O)c1ccc([N+](=O)[O-])s1)Nc1ccc(N2CCCCC2)cc1. The highest BCUT2D eigenvalue weighted by molar-refractivity contribution is 7.17. The van der Waals surface area contributed by atoms with Crippen LogP contribution >= 0.6 is 11.3 Å². The molecule has 2 aromatic rings. The molecule has 1 aliphatic rings. The van der Waals surface area contributed by atoms with Gasteiger partial charge in [0, 0.05) is 30.5 Å². The number of amides is 1. The second-order valence-electron chi connectivity index (χ2n) is 6.11. The first-order valence-corrected chi connectivity index (χ1v) is 9.41. The van der Waals surface area contributed by atoms with Crippen LogP contribution in [0.4, 0.5) is 16.4 Å². The number of nitro groups is 1. The smallest absolute Gasteiger partial charge is 0.349 e. The first kappa shape index (κ1) is 18.8. The van der Waals surface area contributed by atoms with Gasteiger partial charge < -0.3 is 15.0 Å². The number of nitrogens with one attached hydrogen (secondary N) is 1. The maximum absolute atomic E-state index is 11.9. The molecule has 0 unspecified atom stereocenters. The summed E-state index contributed by atoms with van der Waals surface area (Å²) in [5, 5.41) is 13.1. The van der Waals surface area contributed by atoms with Gasteiger partial charge in [0.2, 0.25) is 0 Å². The zero-order valence-electron chi connectivity index (χ0n) is 14.6. The zero-order chi connectivity index (χ0) is 19.2. The van der Waals surface area contributed by atoms with E-state index in [1.165, 1.54) is 31.4 Å². The molecule has 1 fully saturated rings. The van der Waals surface area contributed by atoms with E-state index in [4.69, 9.17) is 4.74 Å². The number of carbonyl (C=O) groups is 2. The van der Waals surface area contributed by atoms with Crippen LogP contribution in [-0.2, 0) is 9.53 Å². The van der Waals surface area contributed by atoms with Gasteiger partial charge in [-0.2, -0.15) is 0 Å². The van der Waals surface area contributed by atoms with Crippen molar-refractivity contribution in [3.8, 4) is 0 Å². The van der Waals surface area contributed by atoms with Crippen LogP contribution in [0.1, 0.15) is 28.9 Å². The molecule has 9 heteroatoms. The standard InChI is InChI=1S/C18H19N3O5S/c22-16(12-26-18(23)15-8-9-17(27-15)21(24)25)19-13-4-6-14(7-5-13)20-10-2-1-3-11-20/h4-9H,1-3,10-12H2,(H,19,22). The minimum Gasteiger partial charge on any atom is -0.451 e. The fourth-order valence-corrected chi connectivity index (χ4v) is 3.56. The van der Waals surface area contributed by atoms with E-state index in [0.29, 0.717) is 17.0 Å². The van der Waals surface area contributed by atoms with Crippen LogP contribution in [0.3, 0.4) is 0 Å². The lowest BCUT2D eigenvalue weighted by Crippen LogP contribution is -2.29. The van der Waals surface area contributed by atoms with E-state index in [1.54, 1.807) is 0 Å². The molecule has 0 spiro atoms. The third kappa shape index (κ3) is 5.04. The van der Waals surface area contributed by atoms with E-state index in [-0.39, 0.29) is 9.88 Å². The molecule has 3 rings (SSSR count). The van der Waals surface area contributed by atoms with Gasteiger partial charge in [-0.1, -0.05) is 11.3 Å². The topological polar surface area (TPSA) is 102 Å². The molecule has 1 N–H and O–H groups in total. The van der Waals surface area contributed by atoms with Crippen molar-refractivity contribution in [2.24, 2.45) is 0 Å². The number of benzene rings is 1. The van der Waals surface area contributed by atoms with E-state index >= 15 is 0 Å². The molecule has 1 amide bonds. The number of nitrogens with zero attached hydrogens (tertiary/aromatic N) is 2. The Hall–Kier alpha value is -2.94. The van der Waals surface area contributed by atoms with Gasteiger partial charge in [0.15, 0.2) is 6.61 Å². The number of carbonyl (C=O) groups excluding carboxylic acids is 2. The summed E-state index contributed by atoms with van der Waals surface area (Å²) in [4.78, 5) is 36.2. The first-order chi connectivity index (χ1) is 13.0. The predicted octanol–water partition coefficient (Wildman–Crippen LogP) is 3.44. The summed E-state index contributed by atoms with van der Waals surface area (Å²) in [5.74, 6) is -1.23. The van der Waals surface area contributed by atoms with Gasteiger partial charge in [-0.25, -0.2) is 4.79 Å². The molecule has 1 aromatic heterocycles. The lowest BCUT2D eigenvalue weighted by Gasteiger charge is -2.28. The Balaban J connectivity index is 1.48. The number of ether oxygens (including phenoxy) is 1. The third-order valence-electron chi connectivity index (χ3n) is 4.18. The van der Waals surface area contributed by atoms with E-state index in [1.807, 2.05) is 24.3 Å². The van der Waals surface area contributed by atoms with Crippen LogP contribution in [0.15, 0.2) is 36.4 Å². The summed E-state index contributed by atoms with van der Waals surface area (Å²) in [6, 6.07) is 10.1. The Bertz CT molecular complexity index is 828. The highest BCUT2D eigenvalue weighted by Gasteiger charge is 2.17. The van der Waals surface area contributed by atoms with Gasteiger partial charge in [0.05, 0.1) is 4.92 Å². The number of anilines is 2. The van der Waals surface area contributed by atoms with Crippen molar-refractivity contribution in [1.29, 1.82) is 0 Å². The quantitative estimate of drug-likeness (QED) is 0.461. The van der Waals surface area contributed by atoms with Crippen LogP contribution in [0, 0.1) is 10.1 Å². The van der Waals surface area contributed by atoms with Crippen molar-refractivity contribution >= 4 is 39.6 Å². The second kappa shape index (κ2) is 8.63. The van der Waals surface area contributed by atoms with E-state index in [0.717, 1.165) is 18.8 Å². The average molecular weight is 389 g/mol. The molecule has 1 aromatic carbocycles. The molecule has 142 valence electrons. The highest BCUT2D eigenvalue weighted by atomic mass is 32.1. The molecule has 0 atom stereocenters. The summed E-state index contributed by atoms with van der Waals surface area (Å²) in [7, 11) is 0. The van der Waals surface area contributed by atoms with Crippen molar-refractivity contribution < 1.29 is 19.2 Å². The van der Waals surface area contributed by atoms with Gasteiger partial charge in [0.25, 0.3) is 5.91 Å². The highest BCUT2D eigenvalue weighted by Crippen LogP contribution is 2.24. The molecule has 1 aliphatic heterocycles. The second-order valence-corrected chi connectivity index (χ2v) is 7.18. The van der Waals surface area contributed by atoms with Crippen molar-refractivity contribution in [2.45, 2.75) is 19.3 Å². The van der Waals surface area contributed by atoms with Crippen molar-refractivity contribution in [2.75, 3.05) is 29.9 Å². The maximum atomic E-state index is 11.9. The number of hydrogen-bond acceptors (Lipinski definition) is 7. The molecule has 1 saturated heterocycles. The Kier molecular flexibility index (Phi) is 6.02. The minimum absolute atomic E-state index is 0.0837. The van der Waals surface area contributed by atoms with Crippen LogP contribution < -0.4 is 10.2 Å². The Morgan fingerprint density at radius 3 is 2.44 bits per heavy atom. The molecule has 2 heterocycles. The predicted molar refractivity (Wildman–Crippen MR) is 102 cm³/mol. The van der Waals surface area contributed by atoms with E-state index < -0.39 is 23.4 Å². The Morgan fingerprint density at radius 2 is 1.81 bits per heavy atom. The van der Waals surface area contributed by atoms with Gasteiger partial charge >= 0.3 is 11.0 Å². The maximum Gasteiger partial charge on any atom is 0.349 e. The average Bonchev–Trinajstić information content (AvgIpc) is 3.18. The fourth-order valence-electron chi connectivity index (χ4n) is 2.84. The lowest BCUT2D eigenvalue weighted by atomic mass is 10.1. The van der Waals surface area contributed by atoms with Crippen LogP contribution in [-0.4, -0.2) is 36.5 Å². The molecular weight excluding hydrogens is 370 g/mol. The number of esters is 1. The van der Waals surface area contributed by atoms with Gasteiger partial charge in [-0.15, -0.1) is 0 Å². The molecule has 27 heavy (non-hydrogen) atoms. The summed E-state index contributed by atoms with van der Waals surface area (Å²) >= 11 is 0.710. The number of hydrogen-bond donors (Lipinski definition) is 1. The van der Waals surface area contributed by atoms with Crippen molar-refractivity contribution in [3.63, 3.8) is 0 Å². The molecule has 0 radical (unpaired) electrons. The Morgan fingerprint density at radius 1 is 1.11 bits per heavy atom. The summed E-state index contributed by atoms with van der Waals surface area (Å²) in [6.07, 6.45) is 3.65. The lowest BCUT2D eigenvalue weighted by molar-refractivity contribution is -0.380. The fraction of sp³-hybridized carbons (Fsp3) is 0.333. The minimum atomic E-state index is -0.760. The van der Waals surface area contributed by atoms with E-state index in [2.05, 4.69) is 10.2 Å². The largest absolute Gasteiger partial charge is 0.451 e. The summed E-state index contributed by atoms with van der Waals surface area (Å²) in [6.45, 7) is 1.63. The van der Waals surface area contributed by atoms with Gasteiger partial charge in [0.1, 0.15) is 4.88 Å². The molecule has 0 aliphatic carbocycles. The molecule has 0 bridgehead atoms. The van der Waals surface area contributed by atoms with Crippen LogP contribution in [0.25, 0.3) is 0 Å². The normalized spacial score (nSPS) is 13.9. The van der Waals surface area contributed by atoms with Crippen molar-refractivity contribution in [1.82, 2.24) is 0 Å². The van der Waals surface area contributed by atoms with Crippen LogP contribution in [0.2, 0.25) is 0 Å². The first-order valence-electron chi connectivity index (χ1n) is 8.59. The molecule has 8 nitrogen and oxygen atoms in total. The molecule has 0 saturated carbocycles. The number of thiophene rings is 1. The van der Waals surface area contributed by atoms with E-state index in [9.17, 15) is 19.7 Å². The summed E-state index contributed by atoms with van der Waals surface area (Å²) in [5.41, 5.74) is 1.74. The van der Waals surface area contributed by atoms with Crippen LogP contribution in [0.5, 0.6) is 0 Å². The van der Waals surface area contributed by atoms with Crippen molar-refractivity contribution in [3.05, 3.63) is 51.4 Å². The third-order valence-corrected chi connectivity index (χ3v) is 5.20. The number of piperidine rings is 1. The van der Waals surface area contributed by atoms with Gasteiger partial charge in [-0.05, 0) is 49.6 Å². The molecular formula is C18H19N3O5S. The Labute approximate surface area is 159 Å². The number of rotatable bonds is 6. The zero-order valence-corrected chi connectivity index (χ0v) is 15.4. The summed E-state index contributed by atoms with van der Waals surface area (Å²) < 4.78 is 4.90.